The van der Waals surface area contributed by atoms with Crippen molar-refractivity contribution in [2.24, 2.45) is 0 Å². The van der Waals surface area contributed by atoms with E-state index in [0.717, 1.165) is 15.9 Å². The number of nitrogens with zero attached hydrogens (tertiary/aromatic N) is 1. The molecule has 0 unspecified atom stereocenters. The number of benzene rings is 3. The van der Waals surface area contributed by atoms with Gasteiger partial charge in [-0.3, -0.25) is 4.79 Å². The molecule has 1 aliphatic heterocycles. The Kier molecular flexibility index (Phi) is 6.07. The molecule has 1 heterocycles. The number of Topliss-reactive ketones (excluding diaryl/α,β-unsaturated/α-hetero) is 1. The summed E-state index contributed by atoms with van der Waals surface area (Å²) in [5, 5.41) is 0. The van der Waals surface area contributed by atoms with Gasteiger partial charge < -0.3 is 9.47 Å². The van der Waals surface area contributed by atoms with E-state index in [1.165, 1.54) is 50.5 Å². The molecule has 0 amide bonds. The normalized spacial score (nSPS) is 16.2. The number of carbonyl (C=O) groups excluding carboxylic acids is 1. The van der Waals surface area contributed by atoms with Gasteiger partial charge in [-0.25, -0.2) is 12.7 Å². The van der Waals surface area contributed by atoms with E-state index in [-0.39, 0.29) is 35.0 Å². The van der Waals surface area contributed by atoms with Gasteiger partial charge >= 0.3 is 6.18 Å². The SMILES string of the molecule is CN(C)S(=O)(=O)c1ccc(-c2cc(CC(=O)C3(c4ccc5c(c4)OCO5)CC3)ccc2C(F)(F)F)cc1. The van der Waals surface area contributed by atoms with Gasteiger partial charge in [0.25, 0.3) is 0 Å². The Hall–Kier alpha value is -3.37. The Morgan fingerprint density at radius 3 is 2.24 bits per heavy atom. The Morgan fingerprint density at radius 1 is 0.946 bits per heavy atom. The van der Waals surface area contributed by atoms with Gasteiger partial charge in [0.2, 0.25) is 16.8 Å². The summed E-state index contributed by atoms with van der Waals surface area (Å²) in [5.41, 5.74) is -0.192. The number of fused-ring (bicyclic) bond motifs is 1. The topological polar surface area (TPSA) is 72.9 Å². The van der Waals surface area contributed by atoms with Crippen LogP contribution < -0.4 is 9.47 Å². The first-order valence-electron chi connectivity index (χ1n) is 11.6. The molecular formula is C27H24F3NO5S. The van der Waals surface area contributed by atoms with Gasteiger partial charge in [0.15, 0.2) is 11.5 Å². The van der Waals surface area contributed by atoms with Crippen molar-refractivity contribution in [2.45, 2.75) is 35.7 Å². The molecule has 0 radical (unpaired) electrons. The van der Waals surface area contributed by atoms with Crippen LogP contribution in [-0.4, -0.2) is 39.4 Å². The minimum atomic E-state index is -4.63. The van der Waals surface area contributed by atoms with Crippen LogP contribution in [0.15, 0.2) is 65.6 Å². The lowest BCUT2D eigenvalue weighted by molar-refractivity contribution is -0.137. The van der Waals surface area contributed by atoms with Crippen molar-refractivity contribution in [1.29, 1.82) is 0 Å². The van der Waals surface area contributed by atoms with Crippen molar-refractivity contribution in [1.82, 2.24) is 4.31 Å². The zero-order chi connectivity index (χ0) is 26.6. The molecule has 0 bridgehead atoms. The maximum absolute atomic E-state index is 13.8. The predicted molar refractivity (Wildman–Crippen MR) is 130 cm³/mol. The quantitative estimate of drug-likeness (QED) is 0.419. The highest BCUT2D eigenvalue weighted by molar-refractivity contribution is 7.89. The zero-order valence-electron chi connectivity index (χ0n) is 20.1. The van der Waals surface area contributed by atoms with Crippen LogP contribution in [0.1, 0.15) is 29.5 Å². The number of hydrogen-bond donors (Lipinski definition) is 0. The lowest BCUT2D eigenvalue weighted by Crippen LogP contribution is -2.22. The van der Waals surface area contributed by atoms with Gasteiger partial charge in [0.1, 0.15) is 5.78 Å². The Bertz CT molecular complexity index is 1480. The van der Waals surface area contributed by atoms with Crippen molar-refractivity contribution < 1.29 is 35.9 Å². The van der Waals surface area contributed by atoms with Gasteiger partial charge in [-0.2, -0.15) is 13.2 Å². The smallest absolute Gasteiger partial charge is 0.417 e. The lowest BCUT2D eigenvalue weighted by Gasteiger charge is -2.18. The first-order chi connectivity index (χ1) is 17.4. The van der Waals surface area contributed by atoms with E-state index < -0.39 is 27.2 Å². The number of halogens is 3. The van der Waals surface area contributed by atoms with Crippen LogP contribution in [0.25, 0.3) is 11.1 Å². The van der Waals surface area contributed by atoms with E-state index in [4.69, 9.17) is 9.47 Å². The van der Waals surface area contributed by atoms with Crippen LogP contribution in [0, 0.1) is 0 Å². The summed E-state index contributed by atoms with van der Waals surface area (Å²) >= 11 is 0. The summed E-state index contributed by atoms with van der Waals surface area (Å²) in [4.78, 5) is 13.4. The van der Waals surface area contributed by atoms with Crippen molar-refractivity contribution in [3.8, 4) is 22.6 Å². The molecular weight excluding hydrogens is 507 g/mol. The maximum Gasteiger partial charge on any atom is 0.417 e. The van der Waals surface area contributed by atoms with E-state index in [1.807, 2.05) is 6.07 Å². The van der Waals surface area contributed by atoms with E-state index in [0.29, 0.717) is 29.9 Å². The number of sulfonamides is 1. The Balaban J connectivity index is 1.46. The molecule has 3 aromatic carbocycles. The minimum Gasteiger partial charge on any atom is -0.454 e. The third-order valence-electron chi connectivity index (χ3n) is 6.91. The fourth-order valence-corrected chi connectivity index (χ4v) is 5.51. The van der Waals surface area contributed by atoms with Crippen LogP contribution in [-0.2, 0) is 32.8 Å². The molecule has 0 atom stereocenters. The molecule has 10 heteroatoms. The Morgan fingerprint density at radius 2 is 1.62 bits per heavy atom. The molecule has 3 aromatic rings. The van der Waals surface area contributed by atoms with E-state index in [9.17, 15) is 26.4 Å². The third kappa shape index (κ3) is 4.59. The Labute approximate surface area is 212 Å². The van der Waals surface area contributed by atoms with Crippen LogP contribution in [0.5, 0.6) is 11.5 Å². The number of rotatable bonds is 7. The molecule has 6 nitrogen and oxygen atoms in total. The zero-order valence-corrected chi connectivity index (χ0v) is 20.9. The lowest BCUT2D eigenvalue weighted by atomic mass is 9.86. The standard InChI is InChI=1S/C27H24F3NO5S/c1-31(2)37(33,34)20-7-4-18(5-8-20)21-13-17(3-9-22(21)27(28,29)30)14-25(32)26(11-12-26)19-6-10-23-24(15-19)36-16-35-23/h3-10,13,15H,11-12,14,16H2,1-2H3. The highest BCUT2D eigenvalue weighted by Crippen LogP contribution is 2.51. The minimum absolute atomic E-state index is 0.0273. The average molecular weight is 532 g/mol. The van der Waals surface area contributed by atoms with Crippen molar-refractivity contribution in [3.05, 3.63) is 77.4 Å². The number of ketones is 1. The van der Waals surface area contributed by atoms with Gasteiger partial charge in [-0.15, -0.1) is 0 Å². The molecule has 1 fully saturated rings. The number of alkyl halides is 3. The van der Waals surface area contributed by atoms with Crippen LogP contribution >= 0.6 is 0 Å². The maximum atomic E-state index is 13.8. The summed E-state index contributed by atoms with van der Waals surface area (Å²) < 4.78 is 78.0. The number of carbonyl (C=O) groups is 1. The predicted octanol–water partition coefficient (Wildman–Crippen LogP) is 5.19. The molecule has 2 aliphatic rings. The van der Waals surface area contributed by atoms with Crippen LogP contribution in [0.4, 0.5) is 13.2 Å². The highest BCUT2D eigenvalue weighted by Gasteiger charge is 2.51. The highest BCUT2D eigenvalue weighted by atomic mass is 32.2. The molecule has 0 saturated heterocycles. The average Bonchev–Trinajstić information content (AvgIpc) is 3.54. The fourth-order valence-electron chi connectivity index (χ4n) is 4.61. The molecule has 0 spiro atoms. The number of ether oxygens (including phenoxy) is 2. The largest absolute Gasteiger partial charge is 0.454 e. The summed E-state index contributed by atoms with van der Waals surface area (Å²) in [6.45, 7) is 0.121. The van der Waals surface area contributed by atoms with Gasteiger partial charge in [0.05, 0.1) is 15.9 Å². The first-order valence-corrected chi connectivity index (χ1v) is 13.0. The van der Waals surface area contributed by atoms with Crippen molar-refractivity contribution in [3.63, 3.8) is 0 Å². The summed E-state index contributed by atoms with van der Waals surface area (Å²) in [7, 11) is -0.975. The molecule has 194 valence electrons. The second-order valence-electron chi connectivity index (χ2n) is 9.44. The second-order valence-corrected chi connectivity index (χ2v) is 11.6. The van der Waals surface area contributed by atoms with Gasteiger partial charge in [-0.1, -0.05) is 30.3 Å². The molecule has 0 N–H and O–H groups in total. The van der Waals surface area contributed by atoms with Gasteiger partial charge in [0, 0.05) is 20.5 Å². The molecule has 0 aromatic heterocycles. The summed E-state index contributed by atoms with van der Waals surface area (Å²) in [5.74, 6) is 1.11. The van der Waals surface area contributed by atoms with E-state index >= 15 is 0 Å². The van der Waals surface area contributed by atoms with Crippen LogP contribution in [0.2, 0.25) is 0 Å². The second kappa shape index (κ2) is 8.88. The number of hydrogen-bond acceptors (Lipinski definition) is 5. The van der Waals surface area contributed by atoms with E-state index in [2.05, 4.69) is 0 Å². The summed E-state index contributed by atoms with van der Waals surface area (Å²) in [6.07, 6.45) is -3.36. The van der Waals surface area contributed by atoms with Gasteiger partial charge in [-0.05, 0) is 65.4 Å². The van der Waals surface area contributed by atoms with Crippen LogP contribution in [0.3, 0.4) is 0 Å². The molecule has 37 heavy (non-hydrogen) atoms. The molecule has 1 saturated carbocycles. The molecule has 1 aliphatic carbocycles. The molecule has 5 rings (SSSR count). The first kappa shape index (κ1) is 25.3. The van der Waals surface area contributed by atoms with Crippen molar-refractivity contribution in [2.75, 3.05) is 20.9 Å². The monoisotopic (exact) mass is 531 g/mol. The summed E-state index contributed by atoms with van der Waals surface area (Å²) in [6, 6.07) is 14.3. The van der Waals surface area contributed by atoms with E-state index in [1.54, 1.807) is 12.1 Å². The fraction of sp³-hybridized carbons (Fsp3) is 0.296. The third-order valence-corrected chi connectivity index (χ3v) is 8.74. The van der Waals surface area contributed by atoms with Crippen molar-refractivity contribution >= 4 is 15.8 Å².